The summed E-state index contributed by atoms with van der Waals surface area (Å²) < 4.78 is 18.8. The first-order valence-corrected chi connectivity index (χ1v) is 5.22. The summed E-state index contributed by atoms with van der Waals surface area (Å²) in [7, 11) is 1.55. The van der Waals surface area contributed by atoms with Crippen molar-refractivity contribution in [2.75, 3.05) is 7.11 Å². The van der Waals surface area contributed by atoms with Crippen LogP contribution in [0.5, 0.6) is 5.75 Å². The molecule has 2 N–H and O–H groups in total. The predicted octanol–water partition coefficient (Wildman–Crippen LogP) is 2.36. The van der Waals surface area contributed by atoms with Crippen molar-refractivity contribution in [2.45, 2.75) is 6.54 Å². The molecule has 0 radical (unpaired) electrons. The average Bonchev–Trinajstić information content (AvgIpc) is 2.39. The molecule has 17 heavy (non-hydrogen) atoms. The molecule has 0 saturated carbocycles. The first-order chi connectivity index (χ1) is 8.24. The second-order valence-corrected chi connectivity index (χ2v) is 3.63. The highest BCUT2D eigenvalue weighted by Crippen LogP contribution is 2.26. The summed E-state index contributed by atoms with van der Waals surface area (Å²) >= 11 is 0. The molecule has 0 aliphatic carbocycles. The van der Waals surface area contributed by atoms with E-state index in [1.54, 1.807) is 37.7 Å². The third-order valence-electron chi connectivity index (χ3n) is 2.53. The normalized spacial score (nSPS) is 10.3. The Balaban J connectivity index is 2.50. The lowest BCUT2D eigenvalue weighted by Crippen LogP contribution is -1.97. The van der Waals surface area contributed by atoms with Gasteiger partial charge in [0.2, 0.25) is 0 Å². The second-order valence-electron chi connectivity index (χ2n) is 3.63. The Bertz CT molecular complexity index is 529. The minimum atomic E-state index is -0.294. The molecular weight excluding hydrogens is 219 g/mol. The fraction of sp³-hybridized carbons (Fsp3) is 0.154. The van der Waals surface area contributed by atoms with Gasteiger partial charge in [0.1, 0.15) is 11.6 Å². The molecule has 2 rings (SSSR count). The molecule has 3 nitrogen and oxygen atoms in total. The number of ether oxygens (including phenoxy) is 1. The zero-order chi connectivity index (χ0) is 12.3. The van der Waals surface area contributed by atoms with Crippen molar-refractivity contribution in [1.29, 1.82) is 0 Å². The smallest absolute Gasteiger partial charge is 0.137 e. The molecule has 0 fully saturated rings. The van der Waals surface area contributed by atoms with Gasteiger partial charge in [0.15, 0.2) is 0 Å². The molecule has 0 amide bonds. The summed E-state index contributed by atoms with van der Waals surface area (Å²) in [6.07, 6.45) is 3.18. The molecule has 0 saturated heterocycles. The highest BCUT2D eigenvalue weighted by atomic mass is 19.1. The van der Waals surface area contributed by atoms with Gasteiger partial charge in [-0.1, -0.05) is 6.07 Å². The first-order valence-electron chi connectivity index (χ1n) is 5.22. The molecule has 0 unspecified atom stereocenters. The average molecular weight is 232 g/mol. The van der Waals surface area contributed by atoms with Crippen LogP contribution in [0.25, 0.3) is 11.1 Å². The van der Waals surface area contributed by atoms with E-state index >= 15 is 0 Å². The third-order valence-corrected chi connectivity index (χ3v) is 2.53. The van der Waals surface area contributed by atoms with Crippen LogP contribution in [0.1, 0.15) is 5.56 Å². The minimum absolute atomic E-state index is 0.294. The first kappa shape index (κ1) is 11.5. The van der Waals surface area contributed by atoms with E-state index in [9.17, 15) is 4.39 Å². The number of halogens is 1. The Hall–Kier alpha value is -1.94. The molecule has 0 atom stereocenters. The number of nitrogens with zero attached hydrogens (tertiary/aromatic N) is 1. The number of hydrogen-bond donors (Lipinski definition) is 1. The molecule has 2 aromatic rings. The van der Waals surface area contributed by atoms with Crippen molar-refractivity contribution in [3.63, 3.8) is 0 Å². The summed E-state index contributed by atoms with van der Waals surface area (Å²) in [4.78, 5) is 4.01. The van der Waals surface area contributed by atoms with Crippen LogP contribution < -0.4 is 10.5 Å². The lowest BCUT2D eigenvalue weighted by atomic mass is 10.0. The van der Waals surface area contributed by atoms with Gasteiger partial charge in [0.25, 0.3) is 0 Å². The van der Waals surface area contributed by atoms with Crippen molar-refractivity contribution in [3.05, 3.63) is 48.0 Å². The van der Waals surface area contributed by atoms with Crippen LogP contribution in [-0.2, 0) is 6.54 Å². The molecule has 1 heterocycles. The topological polar surface area (TPSA) is 48.1 Å². The molecule has 4 heteroatoms. The van der Waals surface area contributed by atoms with Crippen LogP contribution in [0.2, 0.25) is 0 Å². The molecule has 0 aliphatic rings. The van der Waals surface area contributed by atoms with Crippen LogP contribution in [0, 0.1) is 5.82 Å². The van der Waals surface area contributed by atoms with Crippen molar-refractivity contribution in [3.8, 4) is 16.9 Å². The van der Waals surface area contributed by atoms with E-state index in [1.807, 2.05) is 0 Å². The Kier molecular flexibility index (Phi) is 3.35. The van der Waals surface area contributed by atoms with Gasteiger partial charge in [-0.3, -0.25) is 4.98 Å². The number of methoxy groups -OCH3 is 1. The van der Waals surface area contributed by atoms with Gasteiger partial charge < -0.3 is 10.5 Å². The van der Waals surface area contributed by atoms with E-state index in [2.05, 4.69) is 4.98 Å². The fourth-order valence-electron chi connectivity index (χ4n) is 1.60. The molecule has 0 aliphatic heterocycles. The summed E-state index contributed by atoms with van der Waals surface area (Å²) in [5, 5.41) is 0. The number of aromatic nitrogens is 1. The van der Waals surface area contributed by atoms with Crippen LogP contribution in [0.3, 0.4) is 0 Å². The quantitative estimate of drug-likeness (QED) is 0.883. The molecule has 1 aromatic heterocycles. The Morgan fingerprint density at radius 2 is 2.12 bits per heavy atom. The maximum absolute atomic E-state index is 13.7. The standard InChI is InChI=1S/C13H13FN2O/c1-17-11-5-10(7-16-8-11)12-4-9(6-15)2-3-13(12)14/h2-5,7-8H,6,15H2,1H3. The highest BCUT2D eigenvalue weighted by Gasteiger charge is 2.07. The lowest BCUT2D eigenvalue weighted by molar-refractivity contribution is 0.413. The van der Waals surface area contributed by atoms with Crippen molar-refractivity contribution in [2.24, 2.45) is 5.73 Å². The van der Waals surface area contributed by atoms with Gasteiger partial charge in [0, 0.05) is 23.9 Å². The summed E-state index contributed by atoms with van der Waals surface area (Å²) in [5.41, 5.74) is 7.58. The van der Waals surface area contributed by atoms with Gasteiger partial charge in [-0.15, -0.1) is 0 Å². The van der Waals surface area contributed by atoms with Crippen LogP contribution in [-0.4, -0.2) is 12.1 Å². The van der Waals surface area contributed by atoms with Gasteiger partial charge in [-0.05, 0) is 23.8 Å². The number of benzene rings is 1. The van der Waals surface area contributed by atoms with E-state index < -0.39 is 0 Å². The zero-order valence-electron chi connectivity index (χ0n) is 9.48. The van der Waals surface area contributed by atoms with Crippen molar-refractivity contribution < 1.29 is 9.13 Å². The van der Waals surface area contributed by atoms with E-state index in [4.69, 9.17) is 10.5 Å². The fourth-order valence-corrected chi connectivity index (χ4v) is 1.60. The lowest BCUT2D eigenvalue weighted by Gasteiger charge is -2.07. The number of nitrogens with two attached hydrogens (primary N) is 1. The largest absolute Gasteiger partial charge is 0.495 e. The van der Waals surface area contributed by atoms with Gasteiger partial charge >= 0.3 is 0 Å². The SMILES string of the molecule is COc1cncc(-c2cc(CN)ccc2F)c1. The monoisotopic (exact) mass is 232 g/mol. The minimum Gasteiger partial charge on any atom is -0.495 e. The van der Waals surface area contributed by atoms with E-state index in [0.29, 0.717) is 23.4 Å². The van der Waals surface area contributed by atoms with E-state index in [-0.39, 0.29) is 5.82 Å². The van der Waals surface area contributed by atoms with Crippen molar-refractivity contribution in [1.82, 2.24) is 4.98 Å². The molecule has 0 bridgehead atoms. The Morgan fingerprint density at radius 3 is 2.82 bits per heavy atom. The number of rotatable bonds is 3. The second kappa shape index (κ2) is 4.93. The molecular formula is C13H13FN2O. The van der Waals surface area contributed by atoms with E-state index in [0.717, 1.165) is 5.56 Å². The van der Waals surface area contributed by atoms with Crippen LogP contribution >= 0.6 is 0 Å². The maximum atomic E-state index is 13.7. The third kappa shape index (κ3) is 2.42. The predicted molar refractivity (Wildman–Crippen MR) is 64.1 cm³/mol. The van der Waals surface area contributed by atoms with Crippen molar-refractivity contribution >= 4 is 0 Å². The molecule has 1 aromatic carbocycles. The summed E-state index contributed by atoms with van der Waals surface area (Å²) in [5.74, 6) is 0.303. The Labute approximate surface area is 99.1 Å². The Morgan fingerprint density at radius 1 is 1.29 bits per heavy atom. The van der Waals surface area contributed by atoms with Gasteiger partial charge in [-0.25, -0.2) is 4.39 Å². The van der Waals surface area contributed by atoms with Crippen LogP contribution in [0.4, 0.5) is 4.39 Å². The highest BCUT2D eigenvalue weighted by molar-refractivity contribution is 5.65. The number of pyridine rings is 1. The van der Waals surface area contributed by atoms with Crippen LogP contribution in [0.15, 0.2) is 36.7 Å². The van der Waals surface area contributed by atoms with Gasteiger partial charge in [0.05, 0.1) is 13.3 Å². The summed E-state index contributed by atoms with van der Waals surface area (Å²) in [6.45, 7) is 0.380. The zero-order valence-corrected chi connectivity index (χ0v) is 9.48. The maximum Gasteiger partial charge on any atom is 0.137 e. The van der Waals surface area contributed by atoms with Gasteiger partial charge in [-0.2, -0.15) is 0 Å². The molecule has 88 valence electrons. The summed E-state index contributed by atoms with van der Waals surface area (Å²) in [6, 6.07) is 6.56. The molecule has 0 spiro atoms. The number of hydrogen-bond acceptors (Lipinski definition) is 3. The van der Waals surface area contributed by atoms with E-state index in [1.165, 1.54) is 6.07 Å².